The van der Waals surface area contributed by atoms with E-state index in [0.717, 1.165) is 49.6 Å². The second-order valence-electron chi connectivity index (χ2n) is 8.16. The first-order valence-corrected chi connectivity index (χ1v) is 11.9. The second-order valence-corrected chi connectivity index (χ2v) is 8.16. The van der Waals surface area contributed by atoms with E-state index >= 15 is 0 Å². The topological polar surface area (TPSA) is 30.5 Å². The number of para-hydroxylation sites is 1. The molecule has 1 N–H and O–H groups in total. The lowest BCUT2D eigenvalue weighted by Gasteiger charge is -2.22. The Hall–Kier alpha value is -2.16. The fraction of sp³-hybridized carbons (Fsp3) is 0.556. The number of anilines is 1. The summed E-state index contributed by atoms with van der Waals surface area (Å²) in [6.07, 6.45) is 8.51. The molecular weight excluding hydrogens is 370 g/mol. The molecule has 0 bridgehead atoms. The molecule has 2 aromatic rings. The van der Waals surface area contributed by atoms with Crippen molar-refractivity contribution in [2.24, 2.45) is 0 Å². The van der Waals surface area contributed by atoms with Gasteiger partial charge in [0.15, 0.2) is 0 Å². The summed E-state index contributed by atoms with van der Waals surface area (Å²) in [7, 11) is 0. The fourth-order valence-electron chi connectivity index (χ4n) is 3.46. The van der Waals surface area contributed by atoms with Gasteiger partial charge in [0.05, 0.1) is 13.2 Å². The van der Waals surface area contributed by atoms with E-state index in [4.69, 9.17) is 9.47 Å². The standard InChI is InChI=1S/C27H41NO2/c1-5-8-9-10-13-20-29-25-18-16-23(17-19-25)28-21-24(7-3)30-27-15-12-11-14-26(27)22(4)6-2/h11-12,14-19,22,24,28H,5-10,13,20-21H2,1-4H3. The number of unbranched alkanes of at least 4 members (excludes halogenated alkanes) is 4. The molecule has 3 heteroatoms. The zero-order valence-corrected chi connectivity index (χ0v) is 19.5. The van der Waals surface area contributed by atoms with E-state index in [-0.39, 0.29) is 6.10 Å². The van der Waals surface area contributed by atoms with Crippen LogP contribution >= 0.6 is 0 Å². The van der Waals surface area contributed by atoms with Crippen LogP contribution in [0.3, 0.4) is 0 Å². The molecule has 2 atom stereocenters. The quantitative estimate of drug-likeness (QED) is 0.303. The highest BCUT2D eigenvalue weighted by Crippen LogP contribution is 2.29. The van der Waals surface area contributed by atoms with Gasteiger partial charge in [-0.25, -0.2) is 0 Å². The molecule has 0 aromatic heterocycles. The molecule has 0 aliphatic rings. The van der Waals surface area contributed by atoms with E-state index in [1.165, 1.54) is 31.2 Å². The molecule has 0 saturated carbocycles. The number of hydrogen-bond donors (Lipinski definition) is 1. The molecule has 2 aromatic carbocycles. The molecule has 0 aliphatic carbocycles. The third kappa shape index (κ3) is 8.30. The maximum Gasteiger partial charge on any atom is 0.123 e. The molecule has 0 radical (unpaired) electrons. The van der Waals surface area contributed by atoms with Crippen LogP contribution in [-0.2, 0) is 0 Å². The maximum atomic E-state index is 6.37. The molecule has 0 saturated heterocycles. The molecule has 0 amide bonds. The van der Waals surface area contributed by atoms with Gasteiger partial charge >= 0.3 is 0 Å². The Morgan fingerprint density at radius 3 is 2.27 bits per heavy atom. The Kier molecular flexibility index (Phi) is 11.2. The first-order chi connectivity index (χ1) is 14.7. The second kappa shape index (κ2) is 14.0. The van der Waals surface area contributed by atoms with Crippen LogP contribution in [0.1, 0.15) is 84.1 Å². The summed E-state index contributed by atoms with van der Waals surface area (Å²) >= 11 is 0. The first-order valence-electron chi connectivity index (χ1n) is 11.9. The van der Waals surface area contributed by atoms with Crippen molar-refractivity contribution in [3.05, 3.63) is 54.1 Å². The molecule has 166 valence electrons. The zero-order chi connectivity index (χ0) is 21.6. The fourth-order valence-corrected chi connectivity index (χ4v) is 3.46. The van der Waals surface area contributed by atoms with Gasteiger partial charge in [0, 0.05) is 5.69 Å². The molecule has 0 fully saturated rings. The van der Waals surface area contributed by atoms with Crippen molar-refractivity contribution in [2.45, 2.75) is 84.7 Å². The Labute approximate surface area is 184 Å². The summed E-state index contributed by atoms with van der Waals surface area (Å²) in [5, 5.41) is 3.52. The van der Waals surface area contributed by atoms with Crippen molar-refractivity contribution in [3.63, 3.8) is 0 Å². The monoisotopic (exact) mass is 411 g/mol. The number of ether oxygens (including phenoxy) is 2. The predicted molar refractivity (Wildman–Crippen MR) is 129 cm³/mol. The average molecular weight is 412 g/mol. The summed E-state index contributed by atoms with van der Waals surface area (Å²) in [4.78, 5) is 0. The molecule has 0 spiro atoms. The number of rotatable bonds is 15. The summed E-state index contributed by atoms with van der Waals surface area (Å²) in [5.74, 6) is 2.47. The summed E-state index contributed by atoms with van der Waals surface area (Å²) in [6, 6.07) is 16.7. The highest BCUT2D eigenvalue weighted by Gasteiger charge is 2.14. The molecule has 2 rings (SSSR count). The molecule has 2 unspecified atom stereocenters. The van der Waals surface area contributed by atoms with Gasteiger partial charge in [0.25, 0.3) is 0 Å². The van der Waals surface area contributed by atoms with Crippen LogP contribution in [-0.4, -0.2) is 19.3 Å². The summed E-state index contributed by atoms with van der Waals surface area (Å²) in [5.41, 5.74) is 2.40. The molecule has 0 heterocycles. The van der Waals surface area contributed by atoms with Gasteiger partial charge in [-0.2, -0.15) is 0 Å². The molecule has 3 nitrogen and oxygen atoms in total. The van der Waals surface area contributed by atoms with Crippen LogP contribution in [0, 0.1) is 0 Å². The van der Waals surface area contributed by atoms with E-state index in [9.17, 15) is 0 Å². The number of nitrogens with one attached hydrogen (secondary N) is 1. The third-order valence-electron chi connectivity index (χ3n) is 5.72. The van der Waals surface area contributed by atoms with Crippen molar-refractivity contribution in [3.8, 4) is 11.5 Å². The lowest BCUT2D eigenvalue weighted by atomic mass is 9.98. The molecule has 0 aliphatic heterocycles. The van der Waals surface area contributed by atoms with E-state index < -0.39 is 0 Å². The van der Waals surface area contributed by atoms with E-state index in [1.54, 1.807) is 0 Å². The lowest BCUT2D eigenvalue weighted by Crippen LogP contribution is -2.26. The summed E-state index contributed by atoms with van der Waals surface area (Å²) < 4.78 is 12.2. The van der Waals surface area contributed by atoms with Crippen molar-refractivity contribution in [1.29, 1.82) is 0 Å². The lowest BCUT2D eigenvalue weighted by molar-refractivity contribution is 0.207. The first kappa shape index (κ1) is 24.1. The van der Waals surface area contributed by atoms with Gasteiger partial charge in [0.2, 0.25) is 0 Å². The van der Waals surface area contributed by atoms with Gasteiger partial charge in [-0.05, 0) is 61.1 Å². The minimum Gasteiger partial charge on any atom is -0.494 e. The van der Waals surface area contributed by atoms with Gasteiger partial charge < -0.3 is 14.8 Å². The Balaban J connectivity index is 1.80. The average Bonchev–Trinajstić information content (AvgIpc) is 2.79. The van der Waals surface area contributed by atoms with Gasteiger partial charge in [-0.1, -0.05) is 71.6 Å². The SMILES string of the molecule is CCCCCCCOc1ccc(NCC(CC)Oc2ccccc2C(C)CC)cc1. The Morgan fingerprint density at radius 2 is 1.57 bits per heavy atom. The van der Waals surface area contributed by atoms with Crippen molar-refractivity contribution < 1.29 is 9.47 Å². The van der Waals surface area contributed by atoms with Crippen LogP contribution in [0.5, 0.6) is 11.5 Å². The largest absolute Gasteiger partial charge is 0.494 e. The van der Waals surface area contributed by atoms with Gasteiger partial charge in [-0.3, -0.25) is 0 Å². The van der Waals surface area contributed by atoms with Crippen molar-refractivity contribution >= 4 is 5.69 Å². The Morgan fingerprint density at radius 1 is 0.833 bits per heavy atom. The zero-order valence-electron chi connectivity index (χ0n) is 19.5. The van der Waals surface area contributed by atoms with Crippen LogP contribution in [0.2, 0.25) is 0 Å². The van der Waals surface area contributed by atoms with Gasteiger partial charge in [-0.15, -0.1) is 0 Å². The normalized spacial score (nSPS) is 12.9. The van der Waals surface area contributed by atoms with E-state index in [2.05, 4.69) is 81.5 Å². The smallest absolute Gasteiger partial charge is 0.123 e. The van der Waals surface area contributed by atoms with Crippen LogP contribution in [0.15, 0.2) is 48.5 Å². The minimum atomic E-state index is 0.134. The maximum absolute atomic E-state index is 6.37. The van der Waals surface area contributed by atoms with Crippen LogP contribution < -0.4 is 14.8 Å². The highest BCUT2D eigenvalue weighted by molar-refractivity contribution is 5.46. The van der Waals surface area contributed by atoms with Crippen molar-refractivity contribution in [2.75, 3.05) is 18.5 Å². The Bertz CT molecular complexity index is 698. The number of benzene rings is 2. The van der Waals surface area contributed by atoms with Crippen molar-refractivity contribution in [1.82, 2.24) is 0 Å². The van der Waals surface area contributed by atoms with Crippen LogP contribution in [0.4, 0.5) is 5.69 Å². The number of hydrogen-bond acceptors (Lipinski definition) is 3. The molecular formula is C27H41NO2. The van der Waals surface area contributed by atoms with E-state index in [0.29, 0.717) is 5.92 Å². The highest BCUT2D eigenvalue weighted by atomic mass is 16.5. The van der Waals surface area contributed by atoms with Crippen LogP contribution in [0.25, 0.3) is 0 Å². The minimum absolute atomic E-state index is 0.134. The molecule has 30 heavy (non-hydrogen) atoms. The third-order valence-corrected chi connectivity index (χ3v) is 5.72. The predicted octanol–water partition coefficient (Wildman–Crippen LogP) is 7.82. The summed E-state index contributed by atoms with van der Waals surface area (Å²) in [6.45, 7) is 10.5. The van der Waals surface area contributed by atoms with Gasteiger partial charge in [0.1, 0.15) is 17.6 Å². The van der Waals surface area contributed by atoms with E-state index in [1.807, 2.05) is 0 Å².